The minimum absolute atomic E-state index is 1.16. The van der Waals surface area contributed by atoms with Gasteiger partial charge in [-0.05, 0) is 49.3 Å². The van der Waals surface area contributed by atoms with Crippen molar-refractivity contribution in [1.82, 2.24) is 0 Å². The van der Waals surface area contributed by atoms with Crippen molar-refractivity contribution in [3.63, 3.8) is 0 Å². The summed E-state index contributed by atoms with van der Waals surface area (Å²) in [7, 11) is 0. The number of allylic oxidation sites excluding steroid dienone is 4. The molecule has 0 unspecified atom stereocenters. The van der Waals surface area contributed by atoms with Crippen molar-refractivity contribution in [2.24, 2.45) is 0 Å². The minimum atomic E-state index is 1.16. The van der Waals surface area contributed by atoms with Crippen LogP contribution in [0.5, 0.6) is 0 Å². The van der Waals surface area contributed by atoms with Gasteiger partial charge in [0.15, 0.2) is 0 Å². The van der Waals surface area contributed by atoms with Crippen LogP contribution in [-0.2, 0) is 0 Å². The fourth-order valence-electron chi connectivity index (χ4n) is 1.90. The lowest BCUT2D eigenvalue weighted by Crippen LogP contribution is -2.00. The molecule has 0 heteroatoms. The van der Waals surface area contributed by atoms with Gasteiger partial charge in [-0.3, -0.25) is 0 Å². The molecule has 11 heavy (non-hydrogen) atoms. The maximum Gasteiger partial charge on any atom is -0.00553 e. The molecule has 0 aliphatic heterocycles. The van der Waals surface area contributed by atoms with Crippen LogP contribution in [0, 0.1) is 6.08 Å². The van der Waals surface area contributed by atoms with E-state index in [0.29, 0.717) is 0 Å². The normalized spacial score (nSPS) is 21.4. The molecule has 0 nitrogen and oxygen atoms in total. The third-order valence-corrected chi connectivity index (χ3v) is 2.76. The highest BCUT2D eigenvalue weighted by Crippen LogP contribution is 2.42. The summed E-state index contributed by atoms with van der Waals surface area (Å²) in [4.78, 5) is 0. The second-order valence-electron chi connectivity index (χ2n) is 3.52. The summed E-state index contributed by atoms with van der Waals surface area (Å²) in [6, 6.07) is 0. The summed E-state index contributed by atoms with van der Waals surface area (Å²) in [5, 5.41) is 0. The Balaban J connectivity index is 1.95. The Morgan fingerprint density at radius 3 is 2.82 bits per heavy atom. The van der Waals surface area contributed by atoms with Crippen LogP contribution in [0.15, 0.2) is 16.7 Å². The van der Waals surface area contributed by atoms with Crippen LogP contribution >= 0.6 is 0 Å². The lowest BCUT2D eigenvalue weighted by Gasteiger charge is -2.19. The zero-order valence-corrected chi connectivity index (χ0v) is 7.24. The third kappa shape index (κ3) is 1.15. The Morgan fingerprint density at radius 1 is 1.36 bits per heavy atom. The van der Waals surface area contributed by atoms with E-state index in [9.17, 15) is 0 Å². The molecule has 2 aliphatic rings. The van der Waals surface area contributed by atoms with Gasteiger partial charge in [0.05, 0.1) is 0 Å². The van der Waals surface area contributed by atoms with Crippen LogP contribution < -0.4 is 0 Å². The van der Waals surface area contributed by atoms with Gasteiger partial charge in [-0.1, -0.05) is 18.9 Å². The first-order valence-corrected chi connectivity index (χ1v) is 4.72. The molecule has 0 atom stereocenters. The molecule has 0 amide bonds. The van der Waals surface area contributed by atoms with Crippen LogP contribution in [0.4, 0.5) is 0 Å². The second-order valence-corrected chi connectivity index (χ2v) is 3.52. The Labute approximate surface area is 69.0 Å². The smallest absolute Gasteiger partial charge is 0.00553 e. The van der Waals surface area contributed by atoms with E-state index in [1.54, 1.807) is 16.7 Å². The van der Waals surface area contributed by atoms with Crippen LogP contribution in [0.25, 0.3) is 0 Å². The topological polar surface area (TPSA) is 0 Å². The average molecular weight is 147 g/mol. The second kappa shape index (κ2) is 2.84. The van der Waals surface area contributed by atoms with E-state index in [1.165, 1.54) is 32.1 Å². The van der Waals surface area contributed by atoms with Gasteiger partial charge >= 0.3 is 0 Å². The van der Waals surface area contributed by atoms with Crippen molar-refractivity contribution in [3.05, 3.63) is 22.8 Å². The summed E-state index contributed by atoms with van der Waals surface area (Å²) < 4.78 is 0. The first-order chi connectivity index (χ1) is 5.42. The fourth-order valence-corrected chi connectivity index (χ4v) is 1.90. The Bertz CT molecular complexity index is 218. The molecule has 0 aromatic rings. The maximum absolute atomic E-state index is 3.50. The van der Waals surface area contributed by atoms with Gasteiger partial charge in [-0.15, -0.1) is 0 Å². The number of hydrogen-bond acceptors (Lipinski definition) is 0. The van der Waals surface area contributed by atoms with Crippen LogP contribution in [0.3, 0.4) is 0 Å². The highest BCUT2D eigenvalue weighted by molar-refractivity contribution is 5.45. The van der Waals surface area contributed by atoms with Crippen molar-refractivity contribution >= 4 is 0 Å². The largest absolute Gasteiger partial charge is 0.0654 e. The van der Waals surface area contributed by atoms with E-state index >= 15 is 0 Å². The van der Waals surface area contributed by atoms with Crippen molar-refractivity contribution in [3.8, 4) is 0 Å². The fraction of sp³-hybridized carbons (Fsp3) is 0.636. The van der Waals surface area contributed by atoms with Crippen molar-refractivity contribution in [1.29, 1.82) is 0 Å². The van der Waals surface area contributed by atoms with E-state index in [-0.39, 0.29) is 0 Å². The standard InChI is InChI=1S/C11H15/c1-2-3-4-9-5-6-10-7-8-11(9)10/h2-4,6-8H2,1H3. The zero-order valence-electron chi connectivity index (χ0n) is 7.24. The number of hydrogen-bond donors (Lipinski definition) is 0. The monoisotopic (exact) mass is 147 g/mol. The molecule has 0 spiro atoms. The molecule has 0 saturated carbocycles. The predicted octanol–water partition coefficient (Wildman–Crippen LogP) is 3.40. The molecule has 0 N–H and O–H groups in total. The zero-order chi connectivity index (χ0) is 7.68. The molecule has 0 aromatic carbocycles. The molecular weight excluding hydrogens is 132 g/mol. The molecule has 59 valence electrons. The summed E-state index contributed by atoms with van der Waals surface area (Å²) >= 11 is 0. The van der Waals surface area contributed by atoms with Gasteiger partial charge in [0.1, 0.15) is 0 Å². The molecule has 0 bridgehead atoms. The minimum Gasteiger partial charge on any atom is -0.0654 e. The van der Waals surface area contributed by atoms with E-state index in [4.69, 9.17) is 0 Å². The van der Waals surface area contributed by atoms with Crippen molar-refractivity contribution in [2.45, 2.75) is 45.4 Å². The molecule has 1 radical (unpaired) electrons. The molecule has 2 rings (SSSR count). The summed E-state index contributed by atoms with van der Waals surface area (Å²) in [5.74, 6) is 0. The summed E-state index contributed by atoms with van der Waals surface area (Å²) in [6.07, 6.45) is 11.3. The lowest BCUT2D eigenvalue weighted by molar-refractivity contribution is 0.755. The maximum atomic E-state index is 3.50. The van der Waals surface area contributed by atoms with E-state index in [0.717, 1.165) is 6.42 Å². The Hall–Kier alpha value is -0.520. The highest BCUT2D eigenvalue weighted by atomic mass is 14.3. The summed E-state index contributed by atoms with van der Waals surface area (Å²) in [6.45, 7) is 2.26. The molecule has 0 aromatic heterocycles. The Morgan fingerprint density at radius 2 is 2.27 bits per heavy atom. The predicted molar refractivity (Wildman–Crippen MR) is 47.2 cm³/mol. The quantitative estimate of drug-likeness (QED) is 0.574. The van der Waals surface area contributed by atoms with Gasteiger partial charge < -0.3 is 0 Å². The third-order valence-electron chi connectivity index (χ3n) is 2.76. The van der Waals surface area contributed by atoms with Gasteiger partial charge in [0.2, 0.25) is 0 Å². The highest BCUT2D eigenvalue weighted by Gasteiger charge is 2.23. The molecular formula is C11H15. The Kier molecular flexibility index (Phi) is 1.85. The molecule has 0 saturated heterocycles. The first-order valence-electron chi connectivity index (χ1n) is 4.72. The van der Waals surface area contributed by atoms with Gasteiger partial charge in [-0.25, -0.2) is 0 Å². The average Bonchev–Trinajstić information content (AvgIpc) is 2.22. The number of unbranched alkanes of at least 4 members (excludes halogenated alkanes) is 1. The molecule has 0 heterocycles. The van der Waals surface area contributed by atoms with Gasteiger partial charge in [0, 0.05) is 0 Å². The van der Waals surface area contributed by atoms with E-state index < -0.39 is 0 Å². The lowest BCUT2D eigenvalue weighted by atomic mass is 9.86. The molecule has 2 aliphatic carbocycles. The van der Waals surface area contributed by atoms with Crippen molar-refractivity contribution in [2.75, 3.05) is 0 Å². The van der Waals surface area contributed by atoms with Crippen LogP contribution in [0.1, 0.15) is 45.4 Å². The SMILES string of the molecule is CCCCC1=[C]CC2=C1CC2. The van der Waals surface area contributed by atoms with E-state index in [2.05, 4.69) is 13.0 Å². The van der Waals surface area contributed by atoms with Crippen LogP contribution in [0.2, 0.25) is 0 Å². The van der Waals surface area contributed by atoms with Crippen molar-refractivity contribution < 1.29 is 0 Å². The first kappa shape index (κ1) is 7.15. The summed E-state index contributed by atoms with van der Waals surface area (Å²) in [5.41, 5.74) is 4.93. The molecule has 0 fully saturated rings. The van der Waals surface area contributed by atoms with Gasteiger partial charge in [-0.2, -0.15) is 0 Å². The van der Waals surface area contributed by atoms with Crippen LogP contribution in [-0.4, -0.2) is 0 Å². The van der Waals surface area contributed by atoms with Gasteiger partial charge in [0.25, 0.3) is 0 Å². The van der Waals surface area contributed by atoms with E-state index in [1.807, 2.05) is 0 Å². The number of rotatable bonds is 3.